The van der Waals surface area contributed by atoms with Gasteiger partial charge in [-0.3, -0.25) is 0 Å². The zero-order valence-electron chi connectivity index (χ0n) is 7.41. The molecule has 15 heavy (non-hydrogen) atoms. The van der Waals surface area contributed by atoms with Crippen LogP contribution in [0.25, 0.3) is 0 Å². The van der Waals surface area contributed by atoms with Crippen molar-refractivity contribution in [1.29, 1.82) is 0 Å². The lowest BCUT2D eigenvalue weighted by Gasteiger charge is -2.07. The molecule has 0 unspecified atom stereocenters. The number of thioether (sulfide) groups is 1. The Morgan fingerprint density at radius 3 is 2.47 bits per heavy atom. The molecule has 0 fully saturated rings. The molecule has 0 radical (unpaired) electrons. The van der Waals surface area contributed by atoms with Gasteiger partial charge in [-0.1, -0.05) is 18.2 Å². The number of carboxylic acid groups (broad SMARTS) is 1. The summed E-state index contributed by atoms with van der Waals surface area (Å²) < 4.78 is 35.7. The quantitative estimate of drug-likeness (QED) is 0.876. The zero-order valence-corrected chi connectivity index (χ0v) is 8.23. The van der Waals surface area contributed by atoms with Crippen LogP contribution in [0, 0.1) is 0 Å². The van der Waals surface area contributed by atoms with Crippen LogP contribution in [-0.4, -0.2) is 16.6 Å². The van der Waals surface area contributed by atoms with Gasteiger partial charge in [0.15, 0.2) is 0 Å². The van der Waals surface area contributed by atoms with Crippen molar-refractivity contribution in [2.75, 3.05) is 0 Å². The molecule has 0 aromatic heterocycles. The SMILES string of the molecule is O=C(O)c1ccccc1CSC(F)(F)F. The number of rotatable bonds is 3. The topological polar surface area (TPSA) is 37.3 Å². The highest BCUT2D eigenvalue weighted by atomic mass is 32.2. The molecule has 1 N–H and O–H groups in total. The summed E-state index contributed by atoms with van der Waals surface area (Å²) in [6.07, 6.45) is 0. The van der Waals surface area contributed by atoms with Crippen LogP contribution in [0.15, 0.2) is 24.3 Å². The molecule has 0 aliphatic rings. The molecule has 0 spiro atoms. The second kappa shape index (κ2) is 4.57. The van der Waals surface area contributed by atoms with Crippen LogP contribution in [0.5, 0.6) is 0 Å². The van der Waals surface area contributed by atoms with Crippen LogP contribution in [0.1, 0.15) is 15.9 Å². The number of hydrogen-bond donors (Lipinski definition) is 1. The number of carbonyl (C=O) groups is 1. The van der Waals surface area contributed by atoms with E-state index < -0.39 is 11.5 Å². The normalized spacial score (nSPS) is 11.4. The van der Waals surface area contributed by atoms with Crippen molar-refractivity contribution in [3.63, 3.8) is 0 Å². The number of carboxylic acids is 1. The van der Waals surface area contributed by atoms with E-state index in [0.29, 0.717) is 0 Å². The Kier molecular flexibility index (Phi) is 3.62. The van der Waals surface area contributed by atoms with Crippen LogP contribution in [0.4, 0.5) is 13.2 Å². The van der Waals surface area contributed by atoms with Gasteiger partial charge in [0.25, 0.3) is 0 Å². The molecule has 0 saturated heterocycles. The van der Waals surface area contributed by atoms with Crippen LogP contribution < -0.4 is 0 Å². The summed E-state index contributed by atoms with van der Waals surface area (Å²) in [5.74, 6) is -1.60. The van der Waals surface area contributed by atoms with Crippen molar-refractivity contribution in [2.24, 2.45) is 0 Å². The summed E-state index contributed by atoms with van der Waals surface area (Å²) in [5, 5.41) is 8.70. The first-order valence-electron chi connectivity index (χ1n) is 3.92. The third-order valence-electron chi connectivity index (χ3n) is 1.64. The van der Waals surface area contributed by atoms with Gasteiger partial charge in [0.2, 0.25) is 0 Å². The molecule has 0 aliphatic carbocycles. The van der Waals surface area contributed by atoms with Crippen molar-refractivity contribution >= 4 is 17.7 Å². The molecule has 1 aromatic carbocycles. The van der Waals surface area contributed by atoms with Crippen molar-refractivity contribution in [2.45, 2.75) is 11.3 Å². The predicted molar refractivity (Wildman–Crippen MR) is 50.8 cm³/mol. The van der Waals surface area contributed by atoms with Gasteiger partial charge in [0.1, 0.15) is 0 Å². The van der Waals surface area contributed by atoms with Crippen molar-refractivity contribution < 1.29 is 23.1 Å². The van der Waals surface area contributed by atoms with Crippen molar-refractivity contribution in [3.8, 4) is 0 Å². The molecule has 1 aromatic rings. The Labute approximate surface area is 88.1 Å². The fraction of sp³-hybridized carbons (Fsp3) is 0.222. The fourth-order valence-corrected chi connectivity index (χ4v) is 1.59. The first-order valence-corrected chi connectivity index (χ1v) is 4.90. The monoisotopic (exact) mass is 236 g/mol. The summed E-state index contributed by atoms with van der Waals surface area (Å²) in [5.41, 5.74) is -4.26. The molecule has 0 atom stereocenters. The molecule has 0 saturated carbocycles. The van der Waals surface area contributed by atoms with Gasteiger partial charge >= 0.3 is 11.5 Å². The van der Waals surface area contributed by atoms with Crippen LogP contribution in [-0.2, 0) is 5.75 Å². The Balaban J connectivity index is 2.81. The Hall–Kier alpha value is -1.17. The van der Waals surface area contributed by atoms with Gasteiger partial charge in [0, 0.05) is 5.75 Å². The van der Waals surface area contributed by atoms with Gasteiger partial charge in [-0.05, 0) is 23.4 Å². The zero-order chi connectivity index (χ0) is 11.5. The number of hydrogen-bond acceptors (Lipinski definition) is 2. The molecule has 0 aliphatic heterocycles. The van der Waals surface area contributed by atoms with E-state index in [9.17, 15) is 18.0 Å². The third kappa shape index (κ3) is 3.83. The highest BCUT2D eigenvalue weighted by Crippen LogP contribution is 2.33. The van der Waals surface area contributed by atoms with E-state index >= 15 is 0 Å². The van der Waals surface area contributed by atoms with Gasteiger partial charge in [-0.15, -0.1) is 0 Å². The largest absolute Gasteiger partial charge is 0.478 e. The molecule has 0 amide bonds. The van der Waals surface area contributed by atoms with Gasteiger partial charge < -0.3 is 5.11 Å². The van der Waals surface area contributed by atoms with E-state index in [-0.39, 0.29) is 28.6 Å². The molecular weight excluding hydrogens is 229 g/mol. The van der Waals surface area contributed by atoms with Gasteiger partial charge in [0.05, 0.1) is 5.56 Å². The number of aromatic carboxylic acids is 1. The maximum absolute atomic E-state index is 11.9. The lowest BCUT2D eigenvalue weighted by molar-refractivity contribution is -0.0329. The smallest absolute Gasteiger partial charge is 0.442 e. The minimum absolute atomic E-state index is 0.0887. The lowest BCUT2D eigenvalue weighted by Crippen LogP contribution is -2.05. The second-order valence-corrected chi connectivity index (χ2v) is 3.74. The van der Waals surface area contributed by atoms with Crippen LogP contribution in [0.3, 0.4) is 0 Å². The average molecular weight is 236 g/mol. The summed E-state index contributed by atoms with van der Waals surface area (Å²) in [4.78, 5) is 10.7. The molecule has 1 rings (SSSR count). The summed E-state index contributed by atoms with van der Waals surface area (Å²) in [7, 11) is 0. The Bertz CT molecular complexity index is 363. The molecule has 0 bridgehead atoms. The average Bonchev–Trinajstić information content (AvgIpc) is 2.14. The minimum Gasteiger partial charge on any atom is -0.478 e. The maximum Gasteiger partial charge on any atom is 0.442 e. The second-order valence-electron chi connectivity index (χ2n) is 2.70. The van der Waals surface area contributed by atoms with E-state index in [1.54, 1.807) is 0 Å². The lowest BCUT2D eigenvalue weighted by atomic mass is 10.1. The standard InChI is InChI=1S/C9H7F3O2S/c10-9(11,12)15-5-6-3-1-2-4-7(6)8(13)14/h1-4H,5H2,(H,13,14). The van der Waals surface area contributed by atoms with Gasteiger partial charge in [-0.2, -0.15) is 13.2 Å². The Morgan fingerprint density at radius 1 is 1.33 bits per heavy atom. The highest BCUT2D eigenvalue weighted by Gasteiger charge is 2.28. The van der Waals surface area contributed by atoms with E-state index in [1.807, 2.05) is 0 Å². The molecular formula is C9H7F3O2S. The van der Waals surface area contributed by atoms with E-state index in [4.69, 9.17) is 5.11 Å². The molecule has 82 valence electrons. The van der Waals surface area contributed by atoms with Gasteiger partial charge in [-0.25, -0.2) is 4.79 Å². The predicted octanol–water partition coefficient (Wildman–Crippen LogP) is 3.14. The van der Waals surface area contributed by atoms with Crippen molar-refractivity contribution in [3.05, 3.63) is 35.4 Å². The first kappa shape index (κ1) is 11.9. The number of alkyl halides is 3. The summed E-state index contributed by atoms with van der Waals surface area (Å²) in [6, 6.07) is 5.65. The summed E-state index contributed by atoms with van der Waals surface area (Å²) >= 11 is -0.245. The number of halogens is 3. The van der Waals surface area contributed by atoms with Crippen LogP contribution in [0.2, 0.25) is 0 Å². The maximum atomic E-state index is 11.9. The van der Waals surface area contributed by atoms with E-state index in [0.717, 1.165) is 0 Å². The molecule has 0 heterocycles. The van der Waals surface area contributed by atoms with Crippen LogP contribution >= 0.6 is 11.8 Å². The molecule has 2 nitrogen and oxygen atoms in total. The van der Waals surface area contributed by atoms with E-state index in [1.165, 1.54) is 24.3 Å². The highest BCUT2D eigenvalue weighted by molar-refractivity contribution is 7.99. The van der Waals surface area contributed by atoms with E-state index in [2.05, 4.69) is 0 Å². The number of benzene rings is 1. The Morgan fingerprint density at radius 2 is 1.93 bits per heavy atom. The minimum atomic E-state index is -4.34. The molecule has 6 heteroatoms. The fourth-order valence-electron chi connectivity index (χ4n) is 1.01. The third-order valence-corrected chi connectivity index (χ3v) is 2.42. The first-order chi connectivity index (χ1) is 6.90. The summed E-state index contributed by atoms with van der Waals surface area (Å²) in [6.45, 7) is 0. The van der Waals surface area contributed by atoms with Crippen molar-refractivity contribution in [1.82, 2.24) is 0 Å².